The summed E-state index contributed by atoms with van der Waals surface area (Å²) < 4.78 is 39.0. The van der Waals surface area contributed by atoms with Crippen LogP contribution in [0.3, 0.4) is 0 Å². The van der Waals surface area contributed by atoms with E-state index in [-0.39, 0.29) is 16.6 Å². The Morgan fingerprint density at radius 1 is 1.09 bits per heavy atom. The number of aryl methyl sites for hydroxylation is 2. The second-order valence-electron chi connectivity index (χ2n) is 9.10. The number of carbonyl (C=O) groups excluding carboxylic acids is 1. The summed E-state index contributed by atoms with van der Waals surface area (Å²) in [5.74, 6) is -0.0699. The summed E-state index contributed by atoms with van der Waals surface area (Å²) in [6.45, 7) is 2.00. The van der Waals surface area contributed by atoms with Crippen molar-refractivity contribution in [3.8, 4) is 11.1 Å². The van der Waals surface area contributed by atoms with Crippen LogP contribution in [0, 0.1) is 12.8 Å². The van der Waals surface area contributed by atoms with Gasteiger partial charge >= 0.3 is 6.18 Å². The lowest BCUT2D eigenvalue weighted by molar-refractivity contribution is -0.137. The molecule has 1 fully saturated rings. The van der Waals surface area contributed by atoms with Crippen molar-refractivity contribution in [2.24, 2.45) is 5.92 Å². The van der Waals surface area contributed by atoms with Crippen molar-refractivity contribution in [3.63, 3.8) is 0 Å². The summed E-state index contributed by atoms with van der Waals surface area (Å²) >= 11 is 12.0. The Labute approximate surface area is 212 Å². The first-order valence-electron chi connectivity index (χ1n) is 11.6. The Balaban J connectivity index is 1.31. The summed E-state index contributed by atoms with van der Waals surface area (Å²) in [6, 6.07) is 10.5. The number of halogens is 5. The number of carbonyl (C=O) groups is 1. The van der Waals surface area contributed by atoms with E-state index in [2.05, 4.69) is 15.5 Å². The number of H-pyrrole nitrogens is 1. The molecule has 0 bridgehead atoms. The normalized spacial score (nSPS) is 18.5. The van der Waals surface area contributed by atoms with Crippen LogP contribution in [0.1, 0.15) is 59.4 Å². The standard InChI is InChI=1S/C26H26Cl2F3N3O/c1-15-24(17-5-8-19(27)9-6-17)23(34-33-15)13-4-16-2-10-20(11-3-16)32-25(35)21-14-18(26(29,30)31)7-12-22(21)28/h5-9,12,14,16,20H,2-4,10-11,13H2,1H3,(H,32,35)(H,33,34). The molecular weight excluding hydrogens is 498 g/mol. The predicted molar refractivity (Wildman–Crippen MR) is 132 cm³/mol. The van der Waals surface area contributed by atoms with Crippen LogP contribution in [0.5, 0.6) is 0 Å². The average molecular weight is 524 g/mol. The molecule has 4 rings (SSSR count). The Kier molecular flexibility index (Phi) is 7.77. The van der Waals surface area contributed by atoms with Gasteiger partial charge in [-0.05, 0) is 87.3 Å². The maximum absolute atomic E-state index is 13.0. The number of hydrogen-bond donors (Lipinski definition) is 2. The topological polar surface area (TPSA) is 57.8 Å². The number of aromatic amines is 1. The van der Waals surface area contributed by atoms with Crippen LogP contribution in [-0.4, -0.2) is 22.1 Å². The fraction of sp³-hybridized carbons (Fsp3) is 0.385. The van der Waals surface area contributed by atoms with Gasteiger partial charge in [-0.2, -0.15) is 18.3 Å². The molecule has 1 aromatic heterocycles. The molecule has 1 heterocycles. The molecule has 2 aromatic carbocycles. The van der Waals surface area contributed by atoms with Crippen LogP contribution in [0.25, 0.3) is 11.1 Å². The molecule has 0 atom stereocenters. The second-order valence-corrected chi connectivity index (χ2v) is 9.94. The maximum Gasteiger partial charge on any atom is 0.416 e. The van der Waals surface area contributed by atoms with Gasteiger partial charge in [-0.25, -0.2) is 0 Å². The molecule has 1 saturated carbocycles. The molecule has 1 amide bonds. The Bertz CT molecular complexity index is 1180. The van der Waals surface area contributed by atoms with Crippen molar-refractivity contribution in [1.29, 1.82) is 0 Å². The highest BCUT2D eigenvalue weighted by Gasteiger charge is 2.32. The van der Waals surface area contributed by atoms with E-state index in [0.717, 1.165) is 79.2 Å². The molecule has 35 heavy (non-hydrogen) atoms. The van der Waals surface area contributed by atoms with Crippen LogP contribution in [0.2, 0.25) is 10.0 Å². The van der Waals surface area contributed by atoms with Gasteiger partial charge in [0.2, 0.25) is 0 Å². The molecule has 186 valence electrons. The second kappa shape index (κ2) is 10.6. The van der Waals surface area contributed by atoms with Crippen molar-refractivity contribution in [1.82, 2.24) is 15.5 Å². The van der Waals surface area contributed by atoms with Gasteiger partial charge in [0.1, 0.15) is 0 Å². The summed E-state index contributed by atoms with van der Waals surface area (Å²) in [5, 5.41) is 11.2. The number of nitrogens with one attached hydrogen (secondary N) is 2. The molecule has 1 aliphatic rings. The zero-order chi connectivity index (χ0) is 25.2. The third kappa shape index (κ3) is 6.19. The first-order valence-corrected chi connectivity index (χ1v) is 12.3. The molecule has 3 aromatic rings. The first-order chi connectivity index (χ1) is 16.6. The monoisotopic (exact) mass is 523 g/mol. The van der Waals surface area contributed by atoms with Crippen LogP contribution in [0.15, 0.2) is 42.5 Å². The van der Waals surface area contributed by atoms with Gasteiger partial charge in [0.05, 0.1) is 21.8 Å². The van der Waals surface area contributed by atoms with E-state index in [1.807, 2.05) is 31.2 Å². The van der Waals surface area contributed by atoms with Crippen molar-refractivity contribution < 1.29 is 18.0 Å². The molecule has 1 aliphatic carbocycles. The van der Waals surface area contributed by atoms with E-state index >= 15 is 0 Å². The highest BCUT2D eigenvalue weighted by Crippen LogP contribution is 2.34. The fourth-order valence-corrected chi connectivity index (χ4v) is 5.06. The number of rotatable bonds is 6. The molecule has 9 heteroatoms. The van der Waals surface area contributed by atoms with E-state index < -0.39 is 17.6 Å². The van der Waals surface area contributed by atoms with Crippen LogP contribution in [-0.2, 0) is 12.6 Å². The van der Waals surface area contributed by atoms with Gasteiger partial charge in [-0.15, -0.1) is 0 Å². The Hall–Kier alpha value is -2.51. The van der Waals surface area contributed by atoms with Crippen LogP contribution in [0.4, 0.5) is 13.2 Å². The third-order valence-electron chi connectivity index (χ3n) is 6.66. The number of hydrogen-bond acceptors (Lipinski definition) is 2. The number of nitrogens with zero attached hydrogens (tertiary/aromatic N) is 1. The SMILES string of the molecule is Cc1[nH]nc(CCC2CCC(NC(=O)c3cc(C(F)(F)F)ccc3Cl)CC2)c1-c1ccc(Cl)cc1. The largest absolute Gasteiger partial charge is 0.416 e. The molecular formula is C26H26Cl2F3N3O. The van der Waals surface area contributed by atoms with Crippen molar-refractivity contribution >= 4 is 29.1 Å². The van der Waals surface area contributed by atoms with Gasteiger partial charge in [0.15, 0.2) is 0 Å². The predicted octanol–water partition coefficient (Wildman–Crippen LogP) is 7.63. The summed E-state index contributed by atoms with van der Waals surface area (Å²) in [4.78, 5) is 12.6. The minimum absolute atomic E-state index is 0.00923. The Morgan fingerprint density at radius 2 is 1.77 bits per heavy atom. The van der Waals surface area contributed by atoms with E-state index in [0.29, 0.717) is 10.9 Å². The third-order valence-corrected chi connectivity index (χ3v) is 7.25. The van der Waals surface area contributed by atoms with Crippen LogP contribution >= 0.6 is 23.2 Å². The summed E-state index contributed by atoms with van der Waals surface area (Å²) in [5.41, 5.74) is 3.20. The highest BCUT2D eigenvalue weighted by molar-refractivity contribution is 6.33. The van der Waals surface area contributed by atoms with E-state index in [9.17, 15) is 18.0 Å². The van der Waals surface area contributed by atoms with Gasteiger partial charge in [0, 0.05) is 22.3 Å². The van der Waals surface area contributed by atoms with Crippen molar-refractivity contribution in [3.05, 3.63) is 75.0 Å². The minimum Gasteiger partial charge on any atom is -0.349 e. The van der Waals surface area contributed by atoms with Crippen molar-refractivity contribution in [2.75, 3.05) is 0 Å². The number of benzene rings is 2. The Morgan fingerprint density at radius 3 is 2.43 bits per heavy atom. The lowest BCUT2D eigenvalue weighted by atomic mass is 9.82. The molecule has 0 saturated heterocycles. The number of alkyl halides is 3. The summed E-state index contributed by atoms with van der Waals surface area (Å²) in [6.07, 6.45) is 0.696. The van der Waals surface area contributed by atoms with Gasteiger partial charge < -0.3 is 5.32 Å². The zero-order valence-corrected chi connectivity index (χ0v) is 20.7. The molecule has 0 unspecified atom stereocenters. The smallest absolute Gasteiger partial charge is 0.349 e. The lowest BCUT2D eigenvalue weighted by Gasteiger charge is -2.29. The van der Waals surface area contributed by atoms with E-state index in [1.165, 1.54) is 0 Å². The van der Waals surface area contributed by atoms with Gasteiger partial charge in [0.25, 0.3) is 5.91 Å². The van der Waals surface area contributed by atoms with Gasteiger partial charge in [-0.1, -0.05) is 35.3 Å². The molecule has 4 nitrogen and oxygen atoms in total. The van der Waals surface area contributed by atoms with Gasteiger partial charge in [-0.3, -0.25) is 9.89 Å². The van der Waals surface area contributed by atoms with Crippen molar-refractivity contribution in [2.45, 2.75) is 57.7 Å². The molecule has 0 aliphatic heterocycles. The van der Waals surface area contributed by atoms with E-state index in [1.54, 1.807) is 0 Å². The first kappa shape index (κ1) is 25.6. The number of amides is 1. The molecule has 2 N–H and O–H groups in total. The number of aromatic nitrogens is 2. The highest BCUT2D eigenvalue weighted by atomic mass is 35.5. The minimum atomic E-state index is -4.53. The van der Waals surface area contributed by atoms with Crippen LogP contribution < -0.4 is 5.32 Å². The molecule has 0 radical (unpaired) electrons. The molecule has 0 spiro atoms. The maximum atomic E-state index is 13.0. The average Bonchev–Trinajstić information content (AvgIpc) is 3.19. The lowest BCUT2D eigenvalue weighted by Crippen LogP contribution is -2.38. The zero-order valence-electron chi connectivity index (χ0n) is 19.2. The summed E-state index contributed by atoms with van der Waals surface area (Å²) in [7, 11) is 0. The fourth-order valence-electron chi connectivity index (χ4n) is 4.74. The quantitative estimate of drug-likeness (QED) is 0.348. The van der Waals surface area contributed by atoms with E-state index in [4.69, 9.17) is 23.2 Å².